The normalized spacial score (nSPS) is 15.0. The smallest absolute Gasteiger partial charge is 0.341 e. The van der Waals surface area contributed by atoms with Gasteiger partial charge in [0.15, 0.2) is 0 Å². The number of halogens is 2. The van der Waals surface area contributed by atoms with Crippen LogP contribution >= 0.6 is 23.2 Å². The van der Waals surface area contributed by atoms with Crippen molar-refractivity contribution in [3.05, 3.63) is 80.8 Å². The van der Waals surface area contributed by atoms with Gasteiger partial charge in [0.1, 0.15) is 23.0 Å². The predicted molar refractivity (Wildman–Crippen MR) is 155 cm³/mol. The van der Waals surface area contributed by atoms with E-state index in [4.69, 9.17) is 32.7 Å². The zero-order valence-corrected chi connectivity index (χ0v) is 23.2. The van der Waals surface area contributed by atoms with Gasteiger partial charge >= 0.3 is 5.97 Å². The number of rotatable bonds is 10. The number of fused-ring (bicyclic) bond motifs is 1. The summed E-state index contributed by atoms with van der Waals surface area (Å²) >= 11 is 12.9. The highest BCUT2D eigenvalue weighted by atomic mass is 35.5. The maximum atomic E-state index is 13.2. The minimum atomic E-state index is -1.32. The van der Waals surface area contributed by atoms with E-state index in [0.717, 1.165) is 25.1 Å². The van der Waals surface area contributed by atoms with Crippen molar-refractivity contribution >= 4 is 51.6 Å². The molecule has 10 nitrogen and oxygen atoms in total. The average molecular weight is 584 g/mol. The third kappa shape index (κ3) is 5.70. The fourth-order valence-corrected chi connectivity index (χ4v) is 5.26. The van der Waals surface area contributed by atoms with Gasteiger partial charge in [-0.1, -0.05) is 23.2 Å². The van der Waals surface area contributed by atoms with E-state index in [1.54, 1.807) is 48.3 Å². The van der Waals surface area contributed by atoms with Crippen molar-refractivity contribution in [3.63, 3.8) is 0 Å². The molecule has 3 aromatic heterocycles. The van der Waals surface area contributed by atoms with Gasteiger partial charge in [0, 0.05) is 38.0 Å². The van der Waals surface area contributed by atoms with Crippen LogP contribution in [0.1, 0.15) is 23.2 Å². The molecule has 1 aromatic carbocycles. The molecule has 0 aliphatic carbocycles. The summed E-state index contributed by atoms with van der Waals surface area (Å²) in [6.07, 6.45) is 6.35. The van der Waals surface area contributed by atoms with Crippen molar-refractivity contribution in [1.82, 2.24) is 14.5 Å². The molecule has 0 radical (unpaired) electrons. The molecule has 5 rings (SSSR count). The third-order valence-electron chi connectivity index (χ3n) is 6.76. The molecular formula is C28H27Cl2N5O5. The number of ether oxygens (including phenoxy) is 2. The Morgan fingerprint density at radius 2 is 2.05 bits per heavy atom. The SMILES string of the molecule is COCCNc1ccc(-n2cc(C(=O)O)c(=O)c3cc(Cl)c(N4CCC[C@@H]4COc4ncccc4Cl)cc32)cn1. The molecule has 0 spiro atoms. The number of pyridine rings is 3. The summed E-state index contributed by atoms with van der Waals surface area (Å²) in [6.45, 7) is 2.19. The van der Waals surface area contributed by atoms with E-state index in [1.807, 2.05) is 6.07 Å². The van der Waals surface area contributed by atoms with Crippen molar-refractivity contribution in [1.29, 1.82) is 0 Å². The van der Waals surface area contributed by atoms with E-state index >= 15 is 0 Å². The molecular weight excluding hydrogens is 557 g/mol. The van der Waals surface area contributed by atoms with Crippen LogP contribution in [0.5, 0.6) is 5.88 Å². The van der Waals surface area contributed by atoms with Crippen LogP contribution in [0.15, 0.2) is 59.8 Å². The zero-order valence-electron chi connectivity index (χ0n) is 21.6. The van der Waals surface area contributed by atoms with Crippen LogP contribution in [0.3, 0.4) is 0 Å². The van der Waals surface area contributed by atoms with Crippen molar-refractivity contribution in [3.8, 4) is 11.6 Å². The first-order valence-corrected chi connectivity index (χ1v) is 13.4. The number of carboxylic acid groups (broad SMARTS) is 1. The summed E-state index contributed by atoms with van der Waals surface area (Å²) in [5.41, 5.74) is 0.844. The number of hydrogen-bond donors (Lipinski definition) is 2. The Bertz CT molecular complexity index is 1600. The number of carboxylic acids is 1. The highest BCUT2D eigenvalue weighted by molar-refractivity contribution is 6.34. The zero-order chi connectivity index (χ0) is 28.2. The van der Waals surface area contributed by atoms with E-state index < -0.39 is 11.4 Å². The van der Waals surface area contributed by atoms with Crippen molar-refractivity contribution in [2.45, 2.75) is 18.9 Å². The van der Waals surface area contributed by atoms with Gasteiger partial charge in [0.2, 0.25) is 11.3 Å². The lowest BCUT2D eigenvalue weighted by atomic mass is 10.1. The van der Waals surface area contributed by atoms with Crippen LogP contribution in [0.2, 0.25) is 10.0 Å². The Morgan fingerprint density at radius 1 is 1.20 bits per heavy atom. The lowest BCUT2D eigenvalue weighted by Crippen LogP contribution is -2.34. The van der Waals surface area contributed by atoms with Gasteiger partial charge < -0.3 is 29.4 Å². The average Bonchev–Trinajstić information content (AvgIpc) is 3.41. The second kappa shape index (κ2) is 12.1. The molecule has 4 aromatic rings. The van der Waals surface area contributed by atoms with Crippen LogP contribution in [0.4, 0.5) is 11.5 Å². The van der Waals surface area contributed by atoms with Gasteiger partial charge in [0.05, 0.1) is 40.8 Å². The van der Waals surface area contributed by atoms with E-state index in [2.05, 4.69) is 20.2 Å². The van der Waals surface area contributed by atoms with Crippen molar-refractivity contribution in [2.75, 3.05) is 43.6 Å². The molecule has 1 saturated heterocycles. The van der Waals surface area contributed by atoms with E-state index in [9.17, 15) is 14.7 Å². The summed E-state index contributed by atoms with van der Waals surface area (Å²) in [4.78, 5) is 35.9. The van der Waals surface area contributed by atoms with Gasteiger partial charge in [-0.05, 0) is 49.2 Å². The highest BCUT2D eigenvalue weighted by Crippen LogP contribution is 2.36. The Labute approximate surface area is 240 Å². The first-order chi connectivity index (χ1) is 19.4. The Morgan fingerprint density at radius 3 is 2.77 bits per heavy atom. The molecule has 1 aliphatic heterocycles. The first kappa shape index (κ1) is 27.7. The molecule has 4 heterocycles. The molecule has 12 heteroatoms. The highest BCUT2D eigenvalue weighted by Gasteiger charge is 2.28. The fraction of sp³-hybridized carbons (Fsp3) is 0.286. The minimum absolute atomic E-state index is 0.00869. The van der Waals surface area contributed by atoms with E-state index in [1.165, 1.54) is 12.3 Å². The summed E-state index contributed by atoms with van der Waals surface area (Å²) in [5, 5.41) is 13.9. The standard InChI is InChI=1S/C28H27Cl2N5O5/c1-39-11-9-31-25-7-6-17(14-33-25)35-15-20(28(37)38)26(36)19-12-22(30)24(13-23(19)35)34-10-3-4-18(34)16-40-27-21(29)5-2-8-32-27/h2,5-8,12-15,18H,3-4,9-11,16H2,1H3,(H,31,33)(H,37,38)/t18-/m1/s1. The molecule has 208 valence electrons. The van der Waals surface area contributed by atoms with Crippen LogP contribution in [0.25, 0.3) is 16.6 Å². The Balaban J connectivity index is 1.53. The summed E-state index contributed by atoms with van der Waals surface area (Å²) in [7, 11) is 1.62. The first-order valence-electron chi connectivity index (χ1n) is 12.7. The Hall–Kier alpha value is -3.86. The number of aromatic nitrogens is 3. The van der Waals surface area contributed by atoms with Crippen LogP contribution < -0.4 is 20.4 Å². The largest absolute Gasteiger partial charge is 0.477 e. The number of methoxy groups -OCH3 is 1. The molecule has 0 amide bonds. The maximum absolute atomic E-state index is 13.2. The lowest BCUT2D eigenvalue weighted by molar-refractivity contribution is 0.0695. The molecule has 0 saturated carbocycles. The van der Waals surface area contributed by atoms with Crippen molar-refractivity contribution < 1.29 is 19.4 Å². The van der Waals surface area contributed by atoms with Crippen LogP contribution in [-0.4, -0.2) is 65.1 Å². The van der Waals surface area contributed by atoms with Gasteiger partial charge in [-0.25, -0.2) is 14.8 Å². The summed E-state index contributed by atoms with van der Waals surface area (Å²) in [6, 6.07) is 10.4. The molecule has 0 bridgehead atoms. The number of carbonyl (C=O) groups is 1. The van der Waals surface area contributed by atoms with Crippen molar-refractivity contribution in [2.24, 2.45) is 0 Å². The molecule has 1 atom stereocenters. The Kier molecular flexibility index (Phi) is 8.39. The van der Waals surface area contributed by atoms with Gasteiger partial charge in [-0.15, -0.1) is 0 Å². The predicted octanol–water partition coefficient (Wildman–Crippen LogP) is 4.89. The third-order valence-corrected chi connectivity index (χ3v) is 7.35. The van der Waals surface area contributed by atoms with E-state index in [0.29, 0.717) is 52.7 Å². The van der Waals surface area contributed by atoms with Crippen LogP contribution in [0, 0.1) is 0 Å². The number of nitrogens with zero attached hydrogens (tertiary/aromatic N) is 4. The minimum Gasteiger partial charge on any atom is -0.477 e. The summed E-state index contributed by atoms with van der Waals surface area (Å²) in [5.74, 6) is -0.318. The summed E-state index contributed by atoms with van der Waals surface area (Å²) < 4.78 is 12.6. The monoisotopic (exact) mass is 583 g/mol. The van der Waals surface area contributed by atoms with Gasteiger partial charge in [-0.3, -0.25) is 4.79 Å². The number of hydrogen-bond acceptors (Lipinski definition) is 8. The van der Waals surface area contributed by atoms with E-state index in [-0.39, 0.29) is 17.0 Å². The molecule has 40 heavy (non-hydrogen) atoms. The van der Waals surface area contributed by atoms with Crippen LogP contribution in [-0.2, 0) is 4.74 Å². The topological polar surface area (TPSA) is 119 Å². The quantitative estimate of drug-likeness (QED) is 0.251. The number of benzene rings is 1. The van der Waals surface area contributed by atoms with Gasteiger partial charge in [-0.2, -0.15) is 0 Å². The number of aromatic carboxylic acids is 1. The number of nitrogens with one attached hydrogen (secondary N) is 1. The molecule has 2 N–H and O–H groups in total. The van der Waals surface area contributed by atoms with Gasteiger partial charge in [0.25, 0.3) is 0 Å². The second-order valence-corrected chi connectivity index (χ2v) is 10.1. The maximum Gasteiger partial charge on any atom is 0.341 e. The molecule has 0 unspecified atom stereocenters. The molecule has 1 aliphatic rings. The second-order valence-electron chi connectivity index (χ2n) is 9.28. The number of anilines is 2. The lowest BCUT2D eigenvalue weighted by Gasteiger charge is -2.28. The fourth-order valence-electron chi connectivity index (χ4n) is 4.81. The molecule has 1 fully saturated rings.